The number of aromatic nitrogens is 5. The Labute approximate surface area is 396 Å². The Morgan fingerprint density at radius 2 is 0.768 bits per heavy atom. The molecule has 14 aromatic rings. The molecule has 4 aromatic heterocycles. The van der Waals surface area contributed by atoms with E-state index < -0.39 is 0 Å². The van der Waals surface area contributed by atoms with Gasteiger partial charge in [0.25, 0.3) is 0 Å². The second-order valence-corrected chi connectivity index (χ2v) is 17.6. The van der Waals surface area contributed by atoms with E-state index in [1.54, 1.807) is 0 Å². The average Bonchev–Trinajstić information content (AvgIpc) is 4.09. The maximum Gasteiger partial charge on any atom is 0.164 e. The average molecular weight is 882 g/mol. The normalized spacial score (nSPS) is 11.8. The Bertz CT molecular complexity index is 4270. The summed E-state index contributed by atoms with van der Waals surface area (Å²) >= 11 is 0. The standard InChI is InChI=1S/C63H39N5O/c1-4-16-40(17-5-1)41-28-30-43(31-29-41)62-64-61(42-18-6-2-7-19-42)65-63(66-62)44-32-35-47(36-33-44)68-55-26-14-11-24-51(55)58-52(39-53-50-23-12-15-27-57(50)69-60(53)59(58)68)45-34-37-49-48-22-10-13-25-54(48)67(56(49)38-45)46-20-8-3-9-21-46/h1-39H. The Morgan fingerprint density at radius 3 is 1.45 bits per heavy atom. The third-order valence-corrected chi connectivity index (χ3v) is 13.6. The van der Waals surface area contributed by atoms with Crippen LogP contribution in [0.15, 0.2) is 241 Å². The largest absolute Gasteiger partial charge is 0.454 e. The van der Waals surface area contributed by atoms with Crippen molar-refractivity contribution in [2.24, 2.45) is 0 Å². The van der Waals surface area contributed by atoms with Crippen molar-refractivity contribution in [2.45, 2.75) is 0 Å². The van der Waals surface area contributed by atoms with E-state index in [-0.39, 0.29) is 0 Å². The van der Waals surface area contributed by atoms with Gasteiger partial charge in [0.1, 0.15) is 5.58 Å². The van der Waals surface area contributed by atoms with E-state index in [0.29, 0.717) is 17.5 Å². The number of hydrogen-bond donors (Lipinski definition) is 0. The summed E-state index contributed by atoms with van der Waals surface area (Å²) in [6.07, 6.45) is 0. The number of rotatable bonds is 7. The number of para-hydroxylation sites is 4. The first kappa shape index (κ1) is 38.8. The van der Waals surface area contributed by atoms with Crippen molar-refractivity contribution < 1.29 is 4.42 Å². The minimum atomic E-state index is 0.602. The highest BCUT2D eigenvalue weighted by Crippen LogP contribution is 2.46. The van der Waals surface area contributed by atoms with Crippen molar-refractivity contribution >= 4 is 65.6 Å². The first-order valence-corrected chi connectivity index (χ1v) is 23.3. The van der Waals surface area contributed by atoms with Crippen LogP contribution in [0.3, 0.4) is 0 Å². The molecule has 0 fully saturated rings. The molecule has 0 amide bonds. The van der Waals surface area contributed by atoms with Gasteiger partial charge in [-0.1, -0.05) is 170 Å². The molecule has 0 aliphatic heterocycles. The second kappa shape index (κ2) is 15.6. The highest BCUT2D eigenvalue weighted by Gasteiger charge is 2.24. The van der Waals surface area contributed by atoms with E-state index in [0.717, 1.165) is 99.6 Å². The van der Waals surface area contributed by atoms with Crippen LogP contribution in [-0.2, 0) is 0 Å². The molecule has 0 saturated carbocycles. The molecular weight excluding hydrogens is 843 g/mol. The number of nitrogens with zero attached hydrogens (tertiary/aromatic N) is 5. The number of fused-ring (bicyclic) bond motifs is 10. The van der Waals surface area contributed by atoms with Gasteiger partial charge in [0.15, 0.2) is 23.1 Å². The summed E-state index contributed by atoms with van der Waals surface area (Å²) in [5, 5.41) is 6.87. The van der Waals surface area contributed by atoms with Crippen LogP contribution in [0, 0.1) is 0 Å². The topological polar surface area (TPSA) is 61.7 Å². The van der Waals surface area contributed by atoms with Gasteiger partial charge in [-0.3, -0.25) is 0 Å². The van der Waals surface area contributed by atoms with Gasteiger partial charge in [0.2, 0.25) is 0 Å². The van der Waals surface area contributed by atoms with Crippen LogP contribution in [0.5, 0.6) is 0 Å². The van der Waals surface area contributed by atoms with Crippen LogP contribution in [0.4, 0.5) is 0 Å². The first-order chi connectivity index (χ1) is 34.2. The van der Waals surface area contributed by atoms with Gasteiger partial charge in [-0.05, 0) is 89.0 Å². The van der Waals surface area contributed by atoms with Gasteiger partial charge in [-0.25, -0.2) is 15.0 Å². The first-order valence-electron chi connectivity index (χ1n) is 23.3. The lowest BCUT2D eigenvalue weighted by molar-refractivity contribution is 0.671. The molecule has 4 heterocycles. The van der Waals surface area contributed by atoms with Gasteiger partial charge < -0.3 is 13.6 Å². The van der Waals surface area contributed by atoms with Crippen molar-refractivity contribution in [2.75, 3.05) is 0 Å². The highest BCUT2D eigenvalue weighted by molar-refractivity contribution is 6.26. The third kappa shape index (κ3) is 6.30. The second-order valence-electron chi connectivity index (χ2n) is 17.6. The molecule has 6 heteroatoms. The van der Waals surface area contributed by atoms with Crippen molar-refractivity contribution in [1.29, 1.82) is 0 Å². The van der Waals surface area contributed by atoms with Crippen molar-refractivity contribution in [1.82, 2.24) is 24.1 Å². The molecule has 0 radical (unpaired) electrons. The number of hydrogen-bond acceptors (Lipinski definition) is 4. The molecule has 0 N–H and O–H groups in total. The lowest BCUT2D eigenvalue weighted by Gasteiger charge is -2.12. The number of furan rings is 1. The molecule has 14 rings (SSSR count). The fraction of sp³-hybridized carbons (Fsp3) is 0. The molecule has 322 valence electrons. The maximum atomic E-state index is 6.92. The molecule has 0 aliphatic carbocycles. The summed E-state index contributed by atoms with van der Waals surface area (Å²) in [5.41, 5.74) is 15.6. The monoisotopic (exact) mass is 881 g/mol. The van der Waals surface area contributed by atoms with Crippen LogP contribution in [0.2, 0.25) is 0 Å². The fourth-order valence-corrected chi connectivity index (χ4v) is 10.4. The predicted molar refractivity (Wildman–Crippen MR) is 283 cm³/mol. The number of benzene rings is 10. The Hall–Kier alpha value is -9.39. The van der Waals surface area contributed by atoms with Crippen LogP contribution in [-0.4, -0.2) is 24.1 Å². The fourth-order valence-electron chi connectivity index (χ4n) is 10.4. The van der Waals surface area contributed by atoms with E-state index in [4.69, 9.17) is 19.4 Å². The van der Waals surface area contributed by atoms with Crippen LogP contribution in [0.1, 0.15) is 0 Å². The summed E-state index contributed by atoms with van der Waals surface area (Å²) in [6.45, 7) is 0. The van der Waals surface area contributed by atoms with E-state index in [1.165, 1.54) is 16.3 Å². The van der Waals surface area contributed by atoms with E-state index in [9.17, 15) is 0 Å². The maximum absolute atomic E-state index is 6.92. The minimum absolute atomic E-state index is 0.602. The zero-order valence-corrected chi connectivity index (χ0v) is 37.2. The zero-order valence-electron chi connectivity index (χ0n) is 37.2. The Balaban J connectivity index is 0.962. The Kier molecular flexibility index (Phi) is 8.79. The molecule has 69 heavy (non-hydrogen) atoms. The molecule has 0 unspecified atom stereocenters. The molecule has 0 saturated heterocycles. The van der Waals surface area contributed by atoms with Gasteiger partial charge in [-0.15, -0.1) is 0 Å². The molecule has 10 aromatic carbocycles. The van der Waals surface area contributed by atoms with Gasteiger partial charge in [0.05, 0.1) is 22.1 Å². The van der Waals surface area contributed by atoms with Crippen molar-refractivity contribution in [3.05, 3.63) is 237 Å². The third-order valence-electron chi connectivity index (χ3n) is 13.6. The molecule has 0 bridgehead atoms. The summed E-state index contributed by atoms with van der Waals surface area (Å²) in [7, 11) is 0. The lowest BCUT2D eigenvalue weighted by atomic mass is 9.96. The van der Waals surface area contributed by atoms with E-state index in [1.807, 2.05) is 42.5 Å². The lowest BCUT2D eigenvalue weighted by Crippen LogP contribution is -2.00. The van der Waals surface area contributed by atoms with Gasteiger partial charge >= 0.3 is 0 Å². The predicted octanol–water partition coefficient (Wildman–Crippen LogP) is 16.3. The molecule has 0 spiro atoms. The Morgan fingerprint density at radius 1 is 0.304 bits per heavy atom. The molecule has 0 atom stereocenters. The van der Waals surface area contributed by atoms with E-state index >= 15 is 0 Å². The highest BCUT2D eigenvalue weighted by atomic mass is 16.3. The summed E-state index contributed by atoms with van der Waals surface area (Å²) < 4.78 is 11.7. The zero-order chi connectivity index (χ0) is 45.4. The summed E-state index contributed by atoms with van der Waals surface area (Å²) in [4.78, 5) is 15.2. The van der Waals surface area contributed by atoms with E-state index in [2.05, 4.69) is 203 Å². The van der Waals surface area contributed by atoms with Crippen molar-refractivity contribution in [3.63, 3.8) is 0 Å². The van der Waals surface area contributed by atoms with Crippen molar-refractivity contribution in [3.8, 4) is 67.8 Å². The molecule has 6 nitrogen and oxygen atoms in total. The van der Waals surface area contributed by atoms with Gasteiger partial charge in [-0.2, -0.15) is 0 Å². The smallest absolute Gasteiger partial charge is 0.164 e. The summed E-state index contributed by atoms with van der Waals surface area (Å²) in [5.74, 6) is 1.84. The quantitative estimate of drug-likeness (QED) is 0.160. The molecular formula is C63H39N5O. The SMILES string of the molecule is c1ccc(-c2ccc(-c3nc(-c4ccccc4)nc(-c4ccc(-n5c6ccccc6c6c(-c7ccc8c9ccccc9n(-c9ccccc9)c8c7)cc7c8ccccc8oc7c65)cc4)n3)cc2)cc1. The van der Waals surface area contributed by atoms with Gasteiger partial charge in [0, 0.05) is 60.4 Å². The van der Waals surface area contributed by atoms with Crippen LogP contribution >= 0.6 is 0 Å². The van der Waals surface area contributed by atoms with Crippen LogP contribution < -0.4 is 0 Å². The molecule has 0 aliphatic rings. The van der Waals surface area contributed by atoms with Crippen LogP contribution in [0.25, 0.3) is 133 Å². The minimum Gasteiger partial charge on any atom is -0.454 e. The summed E-state index contributed by atoms with van der Waals surface area (Å²) in [6, 6.07) is 83.3.